The van der Waals surface area contributed by atoms with E-state index in [-0.39, 0.29) is 13.4 Å². The van der Waals surface area contributed by atoms with Crippen molar-refractivity contribution in [2.24, 2.45) is 0 Å². The first-order valence-corrected chi connectivity index (χ1v) is 6.36. The van der Waals surface area contributed by atoms with Crippen molar-refractivity contribution < 1.29 is 14.6 Å². The number of carbonyl (C=O) groups is 1. The van der Waals surface area contributed by atoms with Gasteiger partial charge in [-0.15, -0.1) is 0 Å². The normalized spacial score (nSPS) is 18.6. The molecule has 0 atom stereocenters. The molecular formula is C13H16BNO3. The molecule has 0 unspecified atom stereocenters. The van der Waals surface area contributed by atoms with Crippen molar-refractivity contribution in [3.63, 3.8) is 0 Å². The maximum atomic E-state index is 12.5. The van der Waals surface area contributed by atoms with Crippen LogP contribution in [0.15, 0.2) is 12.1 Å². The molecule has 0 saturated heterocycles. The second-order valence-corrected chi connectivity index (χ2v) is 4.97. The maximum Gasteiger partial charge on any atom is 0.304 e. The van der Waals surface area contributed by atoms with E-state index >= 15 is 0 Å². The molecule has 94 valence electrons. The lowest BCUT2D eigenvalue weighted by atomic mass is 9.84. The lowest BCUT2D eigenvalue weighted by molar-refractivity contribution is 0.0723. The smallest absolute Gasteiger partial charge is 0.304 e. The first kappa shape index (κ1) is 11.6. The fourth-order valence-electron chi connectivity index (χ4n) is 2.65. The Bertz CT molecular complexity index is 482. The molecule has 3 rings (SSSR count). The van der Waals surface area contributed by atoms with E-state index in [1.54, 1.807) is 13.2 Å². The summed E-state index contributed by atoms with van der Waals surface area (Å²) in [6.07, 6.45) is 3.10. The molecule has 1 aliphatic heterocycles. The summed E-state index contributed by atoms with van der Waals surface area (Å²) in [5.41, 5.74) is 2.49. The summed E-state index contributed by atoms with van der Waals surface area (Å²) in [6, 6.07) is 4.11. The molecule has 1 amide bonds. The average molecular weight is 245 g/mol. The molecule has 18 heavy (non-hydrogen) atoms. The Kier molecular flexibility index (Phi) is 2.78. The molecule has 1 fully saturated rings. The minimum atomic E-state index is -0.0236. The van der Waals surface area contributed by atoms with Crippen molar-refractivity contribution in [2.75, 3.05) is 13.7 Å². The molecule has 0 spiro atoms. The third kappa shape index (κ3) is 1.79. The Hall–Kier alpha value is -1.49. The van der Waals surface area contributed by atoms with Gasteiger partial charge < -0.3 is 14.7 Å². The van der Waals surface area contributed by atoms with Gasteiger partial charge in [0.15, 0.2) is 0 Å². The Morgan fingerprint density at radius 2 is 2.22 bits per heavy atom. The molecular weight excluding hydrogens is 229 g/mol. The van der Waals surface area contributed by atoms with Gasteiger partial charge in [0.25, 0.3) is 5.91 Å². The molecule has 0 bridgehead atoms. The van der Waals surface area contributed by atoms with E-state index in [4.69, 9.17) is 4.74 Å². The van der Waals surface area contributed by atoms with Gasteiger partial charge in [-0.05, 0) is 36.4 Å². The van der Waals surface area contributed by atoms with Crippen LogP contribution in [0.1, 0.15) is 28.8 Å². The molecule has 1 saturated carbocycles. The van der Waals surface area contributed by atoms with Gasteiger partial charge in [-0.25, -0.2) is 0 Å². The van der Waals surface area contributed by atoms with E-state index in [0.29, 0.717) is 17.4 Å². The summed E-state index contributed by atoms with van der Waals surface area (Å²) in [4.78, 5) is 14.4. The Morgan fingerprint density at radius 1 is 1.44 bits per heavy atom. The minimum absolute atomic E-state index is 0.0236. The first-order valence-electron chi connectivity index (χ1n) is 6.36. The van der Waals surface area contributed by atoms with Gasteiger partial charge in [-0.3, -0.25) is 4.79 Å². The van der Waals surface area contributed by atoms with Gasteiger partial charge in [0.2, 0.25) is 0 Å². The van der Waals surface area contributed by atoms with Crippen LogP contribution < -0.4 is 10.2 Å². The van der Waals surface area contributed by atoms with E-state index in [1.807, 2.05) is 11.0 Å². The number of nitrogens with zero attached hydrogens (tertiary/aromatic N) is 1. The molecule has 4 nitrogen and oxygen atoms in total. The van der Waals surface area contributed by atoms with Crippen molar-refractivity contribution in [3.8, 4) is 5.75 Å². The van der Waals surface area contributed by atoms with Crippen LogP contribution in [0.3, 0.4) is 0 Å². The van der Waals surface area contributed by atoms with Crippen molar-refractivity contribution in [2.45, 2.75) is 25.3 Å². The van der Waals surface area contributed by atoms with Crippen molar-refractivity contribution >= 4 is 18.9 Å². The zero-order valence-electron chi connectivity index (χ0n) is 10.5. The molecule has 5 heteroatoms. The highest BCUT2D eigenvalue weighted by atomic mass is 16.5. The highest BCUT2D eigenvalue weighted by Gasteiger charge is 2.37. The standard InChI is InChI=1S/C13H16BNO3/c1-18-11-7-9(14-17)6-8-4-5-15(10-2-3-10)13(16)12(8)11/h6-7,10,14,17H,2-5H2,1H3. The quantitative estimate of drug-likeness (QED) is 0.752. The number of carbonyl (C=O) groups excluding carboxylic acids is 1. The minimum Gasteiger partial charge on any atom is -0.496 e. The van der Waals surface area contributed by atoms with Gasteiger partial charge in [0.1, 0.15) is 5.75 Å². The van der Waals surface area contributed by atoms with Gasteiger partial charge in [0.05, 0.1) is 12.7 Å². The van der Waals surface area contributed by atoms with E-state index in [9.17, 15) is 9.82 Å². The van der Waals surface area contributed by atoms with E-state index in [0.717, 1.165) is 36.8 Å². The summed E-state index contributed by atoms with van der Waals surface area (Å²) in [7, 11) is 1.55. The second kappa shape index (κ2) is 4.32. The second-order valence-electron chi connectivity index (χ2n) is 4.97. The van der Waals surface area contributed by atoms with E-state index in [2.05, 4.69) is 0 Å². The topological polar surface area (TPSA) is 49.8 Å². The number of amides is 1. The third-order valence-corrected chi connectivity index (χ3v) is 3.73. The fourth-order valence-corrected chi connectivity index (χ4v) is 2.65. The monoisotopic (exact) mass is 245 g/mol. The predicted octanol–water partition coefficient (Wildman–Crippen LogP) is -0.175. The van der Waals surface area contributed by atoms with Crippen molar-refractivity contribution in [3.05, 3.63) is 23.3 Å². The van der Waals surface area contributed by atoms with Crippen LogP contribution in [0, 0.1) is 0 Å². The SMILES string of the molecule is COc1cc(BO)cc2c1C(=O)N(C1CC1)CC2. The van der Waals surface area contributed by atoms with Crippen LogP contribution in [0.25, 0.3) is 0 Å². The Balaban J connectivity index is 2.04. The van der Waals surface area contributed by atoms with E-state index in [1.165, 1.54) is 0 Å². The highest BCUT2D eigenvalue weighted by molar-refractivity contribution is 6.45. The van der Waals surface area contributed by atoms with Crippen LogP contribution in [-0.2, 0) is 6.42 Å². The summed E-state index contributed by atoms with van der Waals surface area (Å²) >= 11 is 0. The number of rotatable bonds is 3. The van der Waals surface area contributed by atoms with Gasteiger partial charge in [-0.1, -0.05) is 6.07 Å². The largest absolute Gasteiger partial charge is 0.496 e. The molecule has 1 aromatic carbocycles. The molecule has 1 aliphatic carbocycles. The van der Waals surface area contributed by atoms with Crippen molar-refractivity contribution in [1.29, 1.82) is 0 Å². The predicted molar refractivity (Wildman–Crippen MR) is 69.8 cm³/mol. The van der Waals surface area contributed by atoms with Crippen LogP contribution in [-0.4, -0.2) is 43.0 Å². The van der Waals surface area contributed by atoms with Gasteiger partial charge >= 0.3 is 7.48 Å². The number of fused-ring (bicyclic) bond motifs is 1. The lowest BCUT2D eigenvalue weighted by Crippen LogP contribution is -2.40. The number of benzene rings is 1. The number of hydrogen-bond donors (Lipinski definition) is 1. The van der Waals surface area contributed by atoms with Gasteiger partial charge in [-0.2, -0.15) is 0 Å². The fraction of sp³-hybridized carbons (Fsp3) is 0.462. The molecule has 1 N–H and O–H groups in total. The molecule has 0 radical (unpaired) electrons. The zero-order valence-corrected chi connectivity index (χ0v) is 10.5. The van der Waals surface area contributed by atoms with Crippen LogP contribution in [0.2, 0.25) is 0 Å². The van der Waals surface area contributed by atoms with Gasteiger partial charge in [0, 0.05) is 12.6 Å². The molecule has 1 aromatic rings. The highest BCUT2D eigenvalue weighted by Crippen LogP contribution is 2.34. The summed E-state index contributed by atoms with van der Waals surface area (Å²) in [5, 5.41) is 9.22. The summed E-state index contributed by atoms with van der Waals surface area (Å²) in [5.74, 6) is 0.673. The molecule has 1 heterocycles. The molecule has 2 aliphatic rings. The Morgan fingerprint density at radius 3 is 2.83 bits per heavy atom. The zero-order chi connectivity index (χ0) is 12.7. The number of hydrogen-bond acceptors (Lipinski definition) is 3. The average Bonchev–Trinajstić information content (AvgIpc) is 3.22. The molecule has 0 aromatic heterocycles. The van der Waals surface area contributed by atoms with E-state index < -0.39 is 0 Å². The number of methoxy groups -OCH3 is 1. The summed E-state index contributed by atoms with van der Waals surface area (Å²) < 4.78 is 5.32. The van der Waals surface area contributed by atoms with Crippen LogP contribution >= 0.6 is 0 Å². The lowest BCUT2D eigenvalue weighted by Gasteiger charge is -2.30. The Labute approximate surface area is 107 Å². The maximum absolute atomic E-state index is 12.5. The summed E-state index contributed by atoms with van der Waals surface area (Å²) in [6.45, 7) is 0.786. The number of ether oxygens (including phenoxy) is 1. The van der Waals surface area contributed by atoms with Crippen LogP contribution in [0.5, 0.6) is 5.75 Å². The van der Waals surface area contributed by atoms with Crippen LogP contribution in [0.4, 0.5) is 0 Å². The third-order valence-electron chi connectivity index (χ3n) is 3.73. The van der Waals surface area contributed by atoms with Crippen molar-refractivity contribution in [1.82, 2.24) is 4.90 Å². The first-order chi connectivity index (χ1) is 8.74.